The summed E-state index contributed by atoms with van der Waals surface area (Å²) in [6.07, 6.45) is 14.0. The molecule has 1 aromatic carbocycles. The summed E-state index contributed by atoms with van der Waals surface area (Å²) >= 11 is 0. The summed E-state index contributed by atoms with van der Waals surface area (Å²) in [7, 11) is -0.626. The lowest BCUT2D eigenvalue weighted by Crippen LogP contribution is -2.39. The fourth-order valence-electron chi connectivity index (χ4n) is 4.02. The van der Waals surface area contributed by atoms with E-state index in [0.29, 0.717) is 6.10 Å². The van der Waals surface area contributed by atoms with Gasteiger partial charge in [-0.05, 0) is 37.1 Å². The molecule has 0 spiro atoms. The molecule has 1 atom stereocenters. The molecule has 2 rings (SSSR count). The maximum absolute atomic E-state index is 6.36. The lowest BCUT2D eigenvalue weighted by atomic mass is 9.99. The Balaban J connectivity index is 1.68. The molecule has 1 aromatic rings. The van der Waals surface area contributed by atoms with Crippen LogP contribution in [0.3, 0.4) is 0 Å². The van der Waals surface area contributed by atoms with Crippen LogP contribution < -0.4 is 0 Å². The standard InChI is InChI=1S/C23H40NOSi/c1-4-5-6-7-8-9-10-11-16-23(25-26(2)3)20-24-18-17-21-14-12-13-15-22(21)19-24/h12-15,23H,4-11,16-20H2,1-3H3. The molecule has 1 aliphatic heterocycles. The molecule has 0 saturated heterocycles. The molecular formula is C23H40NOSi. The normalized spacial score (nSPS) is 16.0. The van der Waals surface area contributed by atoms with Crippen LogP contribution in [0, 0.1) is 0 Å². The van der Waals surface area contributed by atoms with Gasteiger partial charge in [-0.15, -0.1) is 0 Å². The van der Waals surface area contributed by atoms with Crippen molar-refractivity contribution in [1.82, 2.24) is 4.90 Å². The average molecular weight is 375 g/mol. The molecule has 1 unspecified atom stereocenters. The first-order valence-corrected chi connectivity index (χ1v) is 13.4. The van der Waals surface area contributed by atoms with Crippen LogP contribution in [0.4, 0.5) is 0 Å². The molecule has 0 aromatic heterocycles. The quantitative estimate of drug-likeness (QED) is 0.300. The van der Waals surface area contributed by atoms with Crippen LogP contribution in [-0.2, 0) is 17.4 Å². The van der Waals surface area contributed by atoms with Crippen LogP contribution in [0.25, 0.3) is 0 Å². The predicted molar refractivity (Wildman–Crippen MR) is 115 cm³/mol. The fraction of sp³-hybridized carbons (Fsp3) is 0.739. The van der Waals surface area contributed by atoms with Crippen LogP contribution >= 0.6 is 0 Å². The third kappa shape index (κ3) is 8.37. The minimum Gasteiger partial charge on any atom is -0.413 e. The van der Waals surface area contributed by atoms with E-state index in [-0.39, 0.29) is 0 Å². The minimum atomic E-state index is -0.626. The van der Waals surface area contributed by atoms with Crippen LogP contribution in [0.5, 0.6) is 0 Å². The first-order valence-electron chi connectivity index (χ1n) is 10.9. The summed E-state index contributed by atoms with van der Waals surface area (Å²) in [4.78, 5) is 2.61. The Morgan fingerprint density at radius 3 is 2.31 bits per heavy atom. The van der Waals surface area contributed by atoms with E-state index in [0.717, 1.165) is 13.1 Å². The number of nitrogens with zero attached hydrogens (tertiary/aromatic N) is 1. The molecule has 2 nitrogen and oxygen atoms in total. The zero-order valence-corrected chi connectivity index (χ0v) is 18.4. The summed E-state index contributed by atoms with van der Waals surface area (Å²) in [5, 5.41) is 0. The van der Waals surface area contributed by atoms with Crippen LogP contribution in [-0.4, -0.2) is 33.1 Å². The van der Waals surface area contributed by atoms with Gasteiger partial charge in [0, 0.05) is 19.6 Å². The average Bonchev–Trinajstić information content (AvgIpc) is 2.63. The lowest BCUT2D eigenvalue weighted by Gasteiger charge is -2.32. The Labute approximate surface area is 164 Å². The van der Waals surface area contributed by atoms with E-state index < -0.39 is 9.04 Å². The number of hydrogen-bond donors (Lipinski definition) is 0. The molecule has 0 amide bonds. The Kier molecular flexibility index (Phi) is 10.6. The van der Waals surface area contributed by atoms with Crippen molar-refractivity contribution in [2.45, 2.75) is 96.9 Å². The van der Waals surface area contributed by atoms with Gasteiger partial charge >= 0.3 is 0 Å². The predicted octanol–water partition coefficient (Wildman–Crippen LogP) is 6.21. The molecule has 0 aliphatic carbocycles. The van der Waals surface area contributed by atoms with Crippen LogP contribution in [0.15, 0.2) is 24.3 Å². The van der Waals surface area contributed by atoms with Crippen molar-refractivity contribution in [2.75, 3.05) is 13.1 Å². The summed E-state index contributed by atoms with van der Waals surface area (Å²) in [6, 6.07) is 8.94. The fourth-order valence-corrected chi connectivity index (χ4v) is 4.88. The first kappa shape index (κ1) is 21.7. The number of hydrogen-bond acceptors (Lipinski definition) is 2. The van der Waals surface area contributed by atoms with Crippen molar-refractivity contribution < 1.29 is 4.43 Å². The van der Waals surface area contributed by atoms with Gasteiger partial charge in [-0.1, -0.05) is 82.6 Å². The van der Waals surface area contributed by atoms with Crippen LogP contribution in [0.1, 0.15) is 75.8 Å². The summed E-state index contributed by atoms with van der Waals surface area (Å²) < 4.78 is 6.36. The third-order valence-electron chi connectivity index (χ3n) is 5.45. The van der Waals surface area contributed by atoms with Crippen molar-refractivity contribution in [3.05, 3.63) is 35.4 Å². The number of unbranched alkanes of at least 4 members (excludes halogenated alkanes) is 7. The van der Waals surface area contributed by atoms with Gasteiger partial charge in [0.15, 0.2) is 0 Å². The van der Waals surface area contributed by atoms with Gasteiger partial charge in [-0.2, -0.15) is 0 Å². The van der Waals surface area contributed by atoms with E-state index >= 15 is 0 Å². The Morgan fingerprint density at radius 2 is 1.62 bits per heavy atom. The van der Waals surface area contributed by atoms with Gasteiger partial charge in [0.25, 0.3) is 0 Å². The highest BCUT2D eigenvalue weighted by Gasteiger charge is 2.20. The largest absolute Gasteiger partial charge is 0.413 e. The van der Waals surface area contributed by atoms with E-state index in [9.17, 15) is 0 Å². The highest BCUT2D eigenvalue weighted by atomic mass is 28.3. The van der Waals surface area contributed by atoms with E-state index in [1.807, 2.05) is 0 Å². The van der Waals surface area contributed by atoms with Gasteiger partial charge in [-0.25, -0.2) is 0 Å². The molecule has 26 heavy (non-hydrogen) atoms. The van der Waals surface area contributed by atoms with Gasteiger partial charge in [0.2, 0.25) is 9.04 Å². The Hall–Kier alpha value is -0.643. The summed E-state index contributed by atoms with van der Waals surface area (Å²) in [5.74, 6) is 0. The topological polar surface area (TPSA) is 12.5 Å². The lowest BCUT2D eigenvalue weighted by molar-refractivity contribution is 0.115. The summed E-state index contributed by atoms with van der Waals surface area (Å²) in [6.45, 7) is 10.2. The van der Waals surface area contributed by atoms with E-state index in [2.05, 4.69) is 49.2 Å². The molecule has 0 N–H and O–H groups in total. The molecule has 1 aliphatic rings. The molecule has 0 saturated carbocycles. The molecule has 1 radical (unpaired) electrons. The maximum atomic E-state index is 6.36. The van der Waals surface area contributed by atoms with Crippen molar-refractivity contribution in [1.29, 1.82) is 0 Å². The number of benzene rings is 1. The Bertz CT molecular complexity index is 491. The monoisotopic (exact) mass is 374 g/mol. The molecular weight excluding hydrogens is 334 g/mol. The van der Waals surface area contributed by atoms with Crippen molar-refractivity contribution in [3.8, 4) is 0 Å². The summed E-state index contributed by atoms with van der Waals surface area (Å²) in [5.41, 5.74) is 3.06. The number of fused-ring (bicyclic) bond motifs is 1. The number of rotatable bonds is 13. The zero-order valence-electron chi connectivity index (χ0n) is 17.4. The zero-order chi connectivity index (χ0) is 18.6. The first-order chi connectivity index (χ1) is 12.7. The maximum Gasteiger partial charge on any atom is 0.205 e. The van der Waals surface area contributed by atoms with E-state index in [1.165, 1.54) is 76.3 Å². The molecule has 0 bridgehead atoms. The van der Waals surface area contributed by atoms with Crippen molar-refractivity contribution >= 4 is 9.04 Å². The van der Waals surface area contributed by atoms with E-state index in [1.54, 1.807) is 5.56 Å². The van der Waals surface area contributed by atoms with E-state index in [4.69, 9.17) is 4.43 Å². The molecule has 0 fully saturated rings. The molecule has 1 heterocycles. The van der Waals surface area contributed by atoms with Crippen LogP contribution in [0.2, 0.25) is 13.1 Å². The molecule has 147 valence electrons. The van der Waals surface area contributed by atoms with Gasteiger partial charge in [0.05, 0.1) is 6.10 Å². The third-order valence-corrected chi connectivity index (χ3v) is 6.26. The molecule has 3 heteroatoms. The Morgan fingerprint density at radius 1 is 0.962 bits per heavy atom. The highest BCUT2D eigenvalue weighted by molar-refractivity contribution is 6.48. The van der Waals surface area contributed by atoms with Gasteiger partial charge < -0.3 is 4.43 Å². The SMILES string of the molecule is CCCCCCCCCCC(CN1CCc2ccccc2C1)O[Si](C)C. The minimum absolute atomic E-state index is 0.434. The second-order valence-corrected chi connectivity index (χ2v) is 10.2. The van der Waals surface area contributed by atoms with Crippen molar-refractivity contribution in [2.24, 2.45) is 0 Å². The smallest absolute Gasteiger partial charge is 0.205 e. The van der Waals surface area contributed by atoms with Gasteiger partial charge in [0.1, 0.15) is 0 Å². The van der Waals surface area contributed by atoms with Crippen molar-refractivity contribution in [3.63, 3.8) is 0 Å². The second kappa shape index (κ2) is 12.7. The second-order valence-electron chi connectivity index (χ2n) is 8.17. The highest BCUT2D eigenvalue weighted by Crippen LogP contribution is 2.20. The van der Waals surface area contributed by atoms with Gasteiger partial charge in [-0.3, -0.25) is 4.90 Å².